The summed E-state index contributed by atoms with van der Waals surface area (Å²) in [5.74, 6) is 1.00. The minimum Gasteiger partial charge on any atom is -0.508 e. The van der Waals surface area contributed by atoms with Crippen LogP contribution in [0.2, 0.25) is 10.0 Å². The highest BCUT2D eigenvalue weighted by molar-refractivity contribution is 6.39. The van der Waals surface area contributed by atoms with Crippen LogP contribution in [0.15, 0.2) is 54.7 Å². The molecular weight excluding hydrogens is 561 g/mol. The smallest absolute Gasteiger partial charge is 0.410 e. The van der Waals surface area contributed by atoms with Crippen LogP contribution >= 0.6 is 23.2 Å². The minimum atomic E-state index is -0.524. The van der Waals surface area contributed by atoms with E-state index in [-0.39, 0.29) is 11.8 Å². The molecule has 8 nitrogen and oxygen atoms in total. The van der Waals surface area contributed by atoms with Crippen LogP contribution in [0.3, 0.4) is 0 Å². The summed E-state index contributed by atoms with van der Waals surface area (Å²) in [6, 6.07) is 14.6. The van der Waals surface area contributed by atoms with Crippen LogP contribution in [0.5, 0.6) is 5.75 Å². The van der Waals surface area contributed by atoms with Gasteiger partial charge < -0.3 is 24.6 Å². The number of halogens is 2. The molecule has 1 saturated heterocycles. The predicted molar refractivity (Wildman–Crippen MR) is 164 cm³/mol. The maximum Gasteiger partial charge on any atom is 0.410 e. The average Bonchev–Trinajstić information content (AvgIpc) is 3.27. The Labute approximate surface area is 250 Å². The molecule has 1 amide bonds. The number of aromatic hydroxyl groups is 1. The van der Waals surface area contributed by atoms with Crippen LogP contribution in [0, 0.1) is 5.92 Å². The summed E-state index contributed by atoms with van der Waals surface area (Å²) in [5, 5.41) is 15.1. The topological polar surface area (TPSA) is 92.5 Å². The fourth-order valence-electron chi connectivity index (χ4n) is 5.25. The molecule has 0 bridgehead atoms. The van der Waals surface area contributed by atoms with Gasteiger partial charge in [0.25, 0.3) is 0 Å². The zero-order valence-corrected chi connectivity index (χ0v) is 25.0. The maximum absolute atomic E-state index is 12.7. The Bertz CT molecular complexity index is 1530. The van der Waals surface area contributed by atoms with Gasteiger partial charge in [-0.05, 0) is 81.8 Å². The van der Waals surface area contributed by atoms with Crippen molar-refractivity contribution in [1.29, 1.82) is 0 Å². The molecule has 41 heavy (non-hydrogen) atoms. The maximum atomic E-state index is 12.7. The van der Waals surface area contributed by atoms with Crippen molar-refractivity contribution in [2.24, 2.45) is 5.92 Å². The summed E-state index contributed by atoms with van der Waals surface area (Å²) in [5.41, 5.74) is 2.78. The molecule has 1 fully saturated rings. The van der Waals surface area contributed by atoms with E-state index in [2.05, 4.69) is 14.9 Å². The van der Waals surface area contributed by atoms with Gasteiger partial charge in [-0.3, -0.25) is 0 Å². The van der Waals surface area contributed by atoms with Gasteiger partial charge in [-0.1, -0.05) is 41.4 Å². The number of benzene rings is 2. The number of amides is 1. The van der Waals surface area contributed by atoms with E-state index in [0.717, 1.165) is 47.1 Å². The highest BCUT2D eigenvalue weighted by Gasteiger charge is 2.28. The first kappa shape index (κ1) is 29.0. The van der Waals surface area contributed by atoms with E-state index < -0.39 is 5.60 Å². The number of piperidine rings is 1. The van der Waals surface area contributed by atoms with Crippen LogP contribution in [0.25, 0.3) is 22.3 Å². The van der Waals surface area contributed by atoms with E-state index in [1.165, 1.54) is 0 Å². The summed E-state index contributed by atoms with van der Waals surface area (Å²) in [4.78, 5) is 24.0. The molecule has 0 radical (unpaired) electrons. The number of ether oxygens (including phenoxy) is 1. The molecule has 1 atom stereocenters. The normalized spacial score (nSPS) is 15.7. The van der Waals surface area contributed by atoms with E-state index >= 15 is 0 Å². The van der Waals surface area contributed by atoms with E-state index in [1.54, 1.807) is 24.4 Å². The van der Waals surface area contributed by atoms with Gasteiger partial charge in [-0.2, -0.15) is 4.98 Å². The first-order valence-electron chi connectivity index (χ1n) is 13.9. The van der Waals surface area contributed by atoms with Crippen LogP contribution in [-0.4, -0.2) is 49.3 Å². The lowest BCUT2D eigenvalue weighted by molar-refractivity contribution is 0.0160. The first-order chi connectivity index (χ1) is 19.6. The lowest BCUT2D eigenvalue weighted by atomic mass is 9.95. The number of aromatic nitrogens is 3. The molecule has 0 spiro atoms. The number of likely N-dealkylation sites (tertiary alicyclic amines) is 1. The van der Waals surface area contributed by atoms with E-state index in [1.807, 2.05) is 56.0 Å². The van der Waals surface area contributed by atoms with E-state index in [9.17, 15) is 9.90 Å². The third kappa shape index (κ3) is 7.05. The van der Waals surface area contributed by atoms with Crippen molar-refractivity contribution in [1.82, 2.24) is 19.4 Å². The molecule has 1 aliphatic rings. The number of fused-ring (bicyclic) bond motifs is 1. The lowest BCUT2D eigenvalue weighted by Gasteiger charge is -2.34. The standard InChI is InChI=1S/C31H35Cl2N5O3/c1-31(2,3)41-30(40)37-13-6-8-20(19-37)12-14-38-26(27-24(32)10-5-11-25(27)33)16-22-18-35-29(36-28(22)38)34-17-21-7-4-9-23(39)15-21/h4-5,7,9-11,15-16,18,20,39H,6,8,12-14,17,19H2,1-3H3,(H,34,35,36)/t20-/m0/s1. The number of rotatable bonds is 7. The second-order valence-corrected chi connectivity index (χ2v) is 12.3. The van der Waals surface area contributed by atoms with Gasteiger partial charge in [0, 0.05) is 43.3 Å². The molecule has 216 valence electrons. The summed E-state index contributed by atoms with van der Waals surface area (Å²) in [6.07, 6.45) is 4.35. The molecule has 3 heterocycles. The Balaban J connectivity index is 1.42. The Morgan fingerprint density at radius 3 is 2.63 bits per heavy atom. The van der Waals surface area contributed by atoms with Crippen molar-refractivity contribution in [3.8, 4) is 17.0 Å². The van der Waals surface area contributed by atoms with E-state index in [4.69, 9.17) is 32.9 Å². The number of nitrogens with zero attached hydrogens (tertiary/aromatic N) is 4. The monoisotopic (exact) mass is 595 g/mol. The molecule has 2 aromatic carbocycles. The number of carbonyl (C=O) groups excluding carboxylic acids is 1. The molecule has 5 rings (SSSR count). The van der Waals surface area contributed by atoms with Crippen molar-refractivity contribution in [3.63, 3.8) is 0 Å². The fourth-order valence-corrected chi connectivity index (χ4v) is 5.84. The number of hydrogen-bond donors (Lipinski definition) is 2. The number of carbonyl (C=O) groups is 1. The number of anilines is 1. The number of aryl methyl sites for hydroxylation is 1. The van der Waals surface area contributed by atoms with Crippen molar-refractivity contribution in [2.45, 2.75) is 58.7 Å². The van der Waals surface area contributed by atoms with Gasteiger partial charge in [0.15, 0.2) is 0 Å². The first-order valence-corrected chi connectivity index (χ1v) is 14.6. The van der Waals surface area contributed by atoms with Gasteiger partial charge >= 0.3 is 6.09 Å². The highest BCUT2D eigenvalue weighted by atomic mass is 35.5. The number of phenols is 1. The Morgan fingerprint density at radius 2 is 1.90 bits per heavy atom. The predicted octanol–water partition coefficient (Wildman–Crippen LogP) is 7.76. The average molecular weight is 597 g/mol. The van der Waals surface area contributed by atoms with Gasteiger partial charge in [0.1, 0.15) is 17.0 Å². The number of nitrogens with one attached hydrogen (secondary N) is 1. The van der Waals surface area contributed by atoms with Gasteiger partial charge in [0.05, 0.1) is 15.7 Å². The summed E-state index contributed by atoms with van der Waals surface area (Å²) in [7, 11) is 0. The molecule has 2 aromatic heterocycles. The van der Waals surface area contributed by atoms with E-state index in [0.29, 0.717) is 48.1 Å². The molecule has 0 aliphatic carbocycles. The quantitative estimate of drug-likeness (QED) is 0.227. The van der Waals surface area contributed by atoms with Crippen molar-refractivity contribution < 1.29 is 14.6 Å². The van der Waals surface area contributed by atoms with Gasteiger partial charge in [-0.15, -0.1) is 0 Å². The summed E-state index contributed by atoms with van der Waals surface area (Å²) >= 11 is 13.3. The Hall–Kier alpha value is -3.49. The van der Waals surface area contributed by atoms with Crippen molar-refractivity contribution in [2.75, 3.05) is 18.4 Å². The van der Waals surface area contributed by atoms with Crippen LogP contribution in [-0.2, 0) is 17.8 Å². The molecule has 0 saturated carbocycles. The molecular formula is C31H35Cl2N5O3. The van der Waals surface area contributed by atoms with Gasteiger partial charge in [-0.25, -0.2) is 9.78 Å². The third-order valence-electron chi connectivity index (χ3n) is 7.15. The molecule has 1 aliphatic heterocycles. The number of hydrogen-bond acceptors (Lipinski definition) is 6. The fraction of sp³-hybridized carbons (Fsp3) is 0.387. The summed E-state index contributed by atoms with van der Waals surface area (Å²) < 4.78 is 7.78. The second-order valence-electron chi connectivity index (χ2n) is 11.5. The second kappa shape index (κ2) is 12.2. The zero-order chi connectivity index (χ0) is 29.1. The number of phenolic OH excluding ortho intramolecular Hbond substituents is 1. The zero-order valence-electron chi connectivity index (χ0n) is 23.5. The summed E-state index contributed by atoms with van der Waals surface area (Å²) in [6.45, 7) is 8.16. The van der Waals surface area contributed by atoms with Crippen LogP contribution in [0.1, 0.15) is 45.6 Å². The molecule has 4 aromatic rings. The SMILES string of the molecule is CC(C)(C)OC(=O)N1CCC[C@@H](CCn2c(-c3c(Cl)cccc3Cl)cc3cnc(NCc4cccc(O)c4)nc32)C1. The highest BCUT2D eigenvalue weighted by Crippen LogP contribution is 2.38. The van der Waals surface area contributed by atoms with Gasteiger partial charge in [0.2, 0.25) is 5.95 Å². The molecule has 0 unspecified atom stereocenters. The Kier molecular flexibility index (Phi) is 8.61. The third-order valence-corrected chi connectivity index (χ3v) is 7.78. The van der Waals surface area contributed by atoms with Crippen LogP contribution in [0.4, 0.5) is 10.7 Å². The molecule has 2 N–H and O–H groups in total. The van der Waals surface area contributed by atoms with Crippen molar-refractivity contribution >= 4 is 46.3 Å². The molecule has 10 heteroatoms. The Morgan fingerprint density at radius 1 is 1.15 bits per heavy atom. The minimum absolute atomic E-state index is 0.212. The lowest BCUT2D eigenvalue weighted by Crippen LogP contribution is -2.43. The van der Waals surface area contributed by atoms with Crippen molar-refractivity contribution in [3.05, 3.63) is 70.3 Å². The van der Waals surface area contributed by atoms with Crippen LogP contribution < -0.4 is 5.32 Å². The largest absolute Gasteiger partial charge is 0.508 e.